The monoisotopic (exact) mass is 751 g/mol. The number of carbonyl (C=O) groups excluding carboxylic acids is 4. The van der Waals surface area contributed by atoms with Crippen molar-refractivity contribution >= 4 is 23.9 Å². The van der Waals surface area contributed by atoms with E-state index in [2.05, 4.69) is 63.1 Å². The number of H-pyrrole nitrogens is 2. The predicted octanol–water partition coefficient (Wildman–Crippen LogP) is 6.68. The molecule has 55 heavy (non-hydrogen) atoms. The highest BCUT2D eigenvalue weighted by Crippen LogP contribution is 2.36. The second-order valence-corrected chi connectivity index (χ2v) is 15.3. The van der Waals surface area contributed by atoms with Crippen molar-refractivity contribution in [3.63, 3.8) is 0 Å². The van der Waals surface area contributed by atoms with E-state index in [1.165, 1.54) is 19.8 Å². The summed E-state index contributed by atoms with van der Waals surface area (Å²) in [6.45, 7) is 10.2. The van der Waals surface area contributed by atoms with E-state index >= 15 is 0 Å². The molecule has 0 saturated carbocycles. The molecule has 13 heteroatoms. The van der Waals surface area contributed by atoms with E-state index in [-0.39, 0.29) is 42.2 Å². The number of aromatic amines is 2. The third-order valence-electron chi connectivity index (χ3n) is 10.9. The van der Waals surface area contributed by atoms with Crippen LogP contribution >= 0.6 is 0 Å². The summed E-state index contributed by atoms with van der Waals surface area (Å²) in [6, 6.07) is 13.6. The molecule has 1 aliphatic heterocycles. The van der Waals surface area contributed by atoms with Gasteiger partial charge in [0.05, 0.1) is 56.2 Å². The first-order valence-corrected chi connectivity index (χ1v) is 19.3. The summed E-state index contributed by atoms with van der Waals surface area (Å²) >= 11 is 0. The Labute approximate surface area is 322 Å². The van der Waals surface area contributed by atoms with Crippen LogP contribution in [0.3, 0.4) is 0 Å². The molecule has 0 unspecified atom stereocenters. The van der Waals surface area contributed by atoms with Gasteiger partial charge in [-0.05, 0) is 73.1 Å². The summed E-state index contributed by atoms with van der Waals surface area (Å²) in [5, 5.41) is 5.76. The number of aryl methyl sites for hydroxylation is 2. The fourth-order valence-corrected chi connectivity index (χ4v) is 7.68. The van der Waals surface area contributed by atoms with Crippen LogP contribution in [-0.2, 0) is 36.7 Å². The number of rotatable bonds is 12. The molecule has 6 rings (SSSR count). The minimum absolute atomic E-state index is 0.0234. The number of hydrogen-bond donors (Lipinski definition) is 4. The van der Waals surface area contributed by atoms with E-state index in [4.69, 9.17) is 19.4 Å². The zero-order chi connectivity index (χ0) is 39.4. The highest BCUT2D eigenvalue weighted by Gasteiger charge is 2.37. The van der Waals surface area contributed by atoms with Gasteiger partial charge in [-0.3, -0.25) is 14.4 Å². The van der Waals surface area contributed by atoms with Gasteiger partial charge in [0.15, 0.2) is 0 Å². The SMILES string of the molecule is COC(=O)C[C@H](C(=O)N[C@@H](C)c1nc2c([nH]1)CCCc1cc(-c3ccc(-c4cnc([C@@H]5CCCN5C(=O)[C@@H](NC(=O)OC)C(C)C)[nH]4)cc3)ccc1-2)C(C)C. The molecule has 2 aromatic heterocycles. The number of likely N-dealkylation sites (tertiary alicyclic amines) is 1. The maximum Gasteiger partial charge on any atom is 0.407 e. The first-order chi connectivity index (χ1) is 26.4. The topological polar surface area (TPSA) is 171 Å². The first kappa shape index (κ1) is 39.2. The number of benzene rings is 2. The van der Waals surface area contributed by atoms with Crippen molar-refractivity contribution in [2.75, 3.05) is 20.8 Å². The molecular weight excluding hydrogens is 699 g/mol. The van der Waals surface area contributed by atoms with Gasteiger partial charge in [-0.15, -0.1) is 0 Å². The Hall–Kier alpha value is -5.46. The van der Waals surface area contributed by atoms with Gasteiger partial charge in [-0.1, -0.05) is 70.2 Å². The lowest BCUT2D eigenvalue weighted by Gasteiger charge is -2.30. The standard InChI is InChI=1S/C42H53N7O6/c1-23(2)31(21-35(50)54-6)40(51)44-25(5)38-45-32-11-8-10-29-20-28(17-18-30(29)37(32)47-38)26-13-15-27(16-14-26)33-22-43-39(46-33)34-12-9-19-49(34)41(52)36(24(3)4)48-42(53)55-7/h13-18,20,22-25,31,34,36H,8-12,19,21H2,1-7H3,(H,43,46)(H,44,51)(H,45,47)(H,48,53)/t25-,31-,34-,36-/m0/s1. The number of esters is 1. The van der Waals surface area contributed by atoms with Crippen LogP contribution in [-0.4, -0.2) is 75.5 Å². The Morgan fingerprint density at radius 3 is 2.29 bits per heavy atom. The lowest BCUT2D eigenvalue weighted by molar-refractivity contribution is -0.145. The van der Waals surface area contributed by atoms with E-state index in [1.54, 1.807) is 0 Å². The molecular formula is C42H53N7O6. The maximum atomic E-state index is 13.6. The lowest BCUT2D eigenvalue weighted by Crippen LogP contribution is -2.51. The molecule has 0 spiro atoms. The molecule has 1 saturated heterocycles. The van der Waals surface area contributed by atoms with Crippen molar-refractivity contribution in [2.45, 2.75) is 91.3 Å². The van der Waals surface area contributed by atoms with E-state index in [0.717, 1.165) is 77.3 Å². The van der Waals surface area contributed by atoms with Gasteiger partial charge in [0, 0.05) is 17.8 Å². The first-order valence-electron chi connectivity index (χ1n) is 19.3. The summed E-state index contributed by atoms with van der Waals surface area (Å²) in [7, 11) is 2.63. The molecule has 4 N–H and O–H groups in total. The molecule has 1 fully saturated rings. The largest absolute Gasteiger partial charge is 0.469 e. The second kappa shape index (κ2) is 16.9. The van der Waals surface area contributed by atoms with Gasteiger partial charge in [0.1, 0.15) is 17.7 Å². The van der Waals surface area contributed by atoms with Gasteiger partial charge >= 0.3 is 12.1 Å². The number of amides is 3. The molecule has 2 aliphatic rings. The van der Waals surface area contributed by atoms with E-state index < -0.39 is 24.0 Å². The number of hydrogen-bond acceptors (Lipinski definition) is 8. The van der Waals surface area contributed by atoms with Gasteiger partial charge in [0.25, 0.3) is 0 Å². The zero-order valence-electron chi connectivity index (χ0n) is 32.8. The average molecular weight is 752 g/mol. The van der Waals surface area contributed by atoms with Crippen molar-refractivity contribution in [1.82, 2.24) is 35.5 Å². The number of alkyl carbamates (subject to hydrolysis) is 1. The van der Waals surface area contributed by atoms with Crippen molar-refractivity contribution in [1.29, 1.82) is 0 Å². The number of fused-ring (bicyclic) bond motifs is 3. The molecule has 4 aromatic rings. The van der Waals surface area contributed by atoms with E-state index in [0.29, 0.717) is 12.4 Å². The summed E-state index contributed by atoms with van der Waals surface area (Å²) < 4.78 is 9.58. The van der Waals surface area contributed by atoms with Crippen LogP contribution in [0.2, 0.25) is 0 Å². The molecule has 3 amide bonds. The normalized spacial score (nSPS) is 16.8. The van der Waals surface area contributed by atoms with E-state index in [1.807, 2.05) is 45.7 Å². The van der Waals surface area contributed by atoms with Gasteiger partial charge in [-0.25, -0.2) is 14.8 Å². The van der Waals surface area contributed by atoms with Gasteiger partial charge in [0.2, 0.25) is 11.8 Å². The van der Waals surface area contributed by atoms with Crippen LogP contribution in [0, 0.1) is 17.8 Å². The van der Waals surface area contributed by atoms with Crippen LogP contribution in [0.5, 0.6) is 0 Å². The molecule has 13 nitrogen and oxygen atoms in total. The predicted molar refractivity (Wildman–Crippen MR) is 208 cm³/mol. The van der Waals surface area contributed by atoms with Gasteiger partial charge < -0.3 is 35.0 Å². The van der Waals surface area contributed by atoms with Crippen LogP contribution in [0.15, 0.2) is 48.7 Å². The number of nitrogens with one attached hydrogen (secondary N) is 4. The zero-order valence-corrected chi connectivity index (χ0v) is 32.8. The number of imidazole rings is 2. The summed E-state index contributed by atoms with van der Waals surface area (Å²) in [5.74, 6) is 0.0701. The van der Waals surface area contributed by atoms with Crippen molar-refractivity contribution in [3.05, 3.63) is 71.6 Å². The smallest absolute Gasteiger partial charge is 0.407 e. The third kappa shape index (κ3) is 8.60. The number of ether oxygens (including phenoxy) is 2. The van der Waals surface area contributed by atoms with Crippen molar-refractivity contribution < 1.29 is 28.7 Å². The Kier molecular flexibility index (Phi) is 12.1. The Morgan fingerprint density at radius 1 is 0.873 bits per heavy atom. The highest BCUT2D eigenvalue weighted by atomic mass is 16.5. The lowest BCUT2D eigenvalue weighted by atomic mass is 9.91. The molecule has 1 aliphatic carbocycles. The van der Waals surface area contributed by atoms with Crippen molar-refractivity contribution in [2.24, 2.45) is 17.8 Å². The van der Waals surface area contributed by atoms with E-state index in [9.17, 15) is 19.2 Å². The molecule has 0 bridgehead atoms. The van der Waals surface area contributed by atoms with Crippen LogP contribution in [0.25, 0.3) is 33.6 Å². The number of aromatic nitrogens is 4. The Morgan fingerprint density at radius 2 is 1.60 bits per heavy atom. The fraction of sp³-hybridized carbons (Fsp3) is 0.476. The number of methoxy groups -OCH3 is 2. The maximum absolute atomic E-state index is 13.6. The minimum atomic E-state index is -0.686. The molecule has 292 valence electrons. The van der Waals surface area contributed by atoms with Crippen molar-refractivity contribution in [3.8, 4) is 33.6 Å². The number of carbonyl (C=O) groups is 4. The fourth-order valence-electron chi connectivity index (χ4n) is 7.68. The Bertz CT molecular complexity index is 2020. The highest BCUT2D eigenvalue weighted by molar-refractivity contribution is 5.86. The number of nitrogens with zero attached hydrogens (tertiary/aromatic N) is 3. The summed E-state index contributed by atoms with van der Waals surface area (Å²) in [5.41, 5.74) is 8.34. The molecule has 3 heterocycles. The molecule has 4 atom stereocenters. The van der Waals surface area contributed by atoms with Crippen LogP contribution in [0.1, 0.15) is 95.3 Å². The van der Waals surface area contributed by atoms with Crippen LogP contribution in [0.4, 0.5) is 4.79 Å². The van der Waals surface area contributed by atoms with Gasteiger partial charge in [-0.2, -0.15) is 0 Å². The summed E-state index contributed by atoms with van der Waals surface area (Å²) in [6.07, 6.45) is 5.59. The summed E-state index contributed by atoms with van der Waals surface area (Å²) in [4.78, 5) is 69.1. The Balaban J connectivity index is 1.15. The average Bonchev–Trinajstić information content (AvgIpc) is 3.94. The molecule has 0 radical (unpaired) electrons. The molecule has 2 aromatic carbocycles. The minimum Gasteiger partial charge on any atom is -0.469 e. The van der Waals surface area contributed by atoms with Crippen LogP contribution < -0.4 is 10.6 Å². The quantitative estimate of drug-likeness (QED) is 0.116. The second-order valence-electron chi connectivity index (χ2n) is 15.3. The third-order valence-corrected chi connectivity index (χ3v) is 10.9.